The highest BCUT2D eigenvalue weighted by Crippen LogP contribution is 2.15. The van der Waals surface area contributed by atoms with Gasteiger partial charge in [-0.15, -0.1) is 10.6 Å². The normalized spacial score (nSPS) is 16.0. The Bertz CT molecular complexity index is 416. The lowest BCUT2D eigenvalue weighted by molar-refractivity contribution is 0.0506. The monoisotopic (exact) mass is 330 g/mol. The minimum atomic E-state index is -1.21. The van der Waals surface area contributed by atoms with E-state index in [0.717, 1.165) is 0 Å². The minimum Gasteiger partial charge on any atom is -0.598 e. The van der Waals surface area contributed by atoms with Crippen LogP contribution in [0.2, 0.25) is 0 Å². The van der Waals surface area contributed by atoms with Crippen molar-refractivity contribution in [3.63, 3.8) is 0 Å². The van der Waals surface area contributed by atoms with Crippen molar-refractivity contribution in [2.24, 2.45) is 0 Å². The van der Waals surface area contributed by atoms with E-state index in [9.17, 15) is 9.35 Å². The van der Waals surface area contributed by atoms with E-state index < -0.39 is 23.1 Å². The van der Waals surface area contributed by atoms with Crippen LogP contribution in [0.25, 0.3) is 0 Å². The second-order valence-electron chi connectivity index (χ2n) is 7.23. The first-order chi connectivity index (χ1) is 9.85. The van der Waals surface area contributed by atoms with Crippen molar-refractivity contribution >= 4 is 17.5 Å². The van der Waals surface area contributed by atoms with Crippen LogP contribution in [-0.4, -0.2) is 33.1 Å². The minimum absolute atomic E-state index is 0.148. The summed E-state index contributed by atoms with van der Waals surface area (Å²) < 4.78 is 20.0. The quantitative estimate of drug-likeness (QED) is 0.600. The van der Waals surface area contributed by atoms with Gasteiger partial charge < -0.3 is 14.6 Å². The molecule has 0 saturated carbocycles. The van der Waals surface area contributed by atoms with Crippen LogP contribution in [0, 0.1) is 11.8 Å². The van der Waals surface area contributed by atoms with Gasteiger partial charge in [0.15, 0.2) is 0 Å². The van der Waals surface area contributed by atoms with Crippen molar-refractivity contribution in [1.29, 1.82) is 0 Å². The molecule has 0 rings (SSSR count). The van der Waals surface area contributed by atoms with Crippen LogP contribution in [0.3, 0.4) is 0 Å². The van der Waals surface area contributed by atoms with Crippen molar-refractivity contribution in [3.8, 4) is 11.8 Å². The number of amides is 1. The summed E-state index contributed by atoms with van der Waals surface area (Å²) >= 11 is -1.21. The zero-order valence-electron chi connectivity index (χ0n) is 15.0. The summed E-state index contributed by atoms with van der Waals surface area (Å²) in [5, 5.41) is 2.77. The molecule has 128 valence electrons. The van der Waals surface area contributed by atoms with Gasteiger partial charge in [0.25, 0.3) is 0 Å². The number of carbonyl (C=O) groups excluding carboxylic acids is 1. The van der Waals surface area contributed by atoms with Crippen molar-refractivity contribution in [3.05, 3.63) is 0 Å². The standard InChI is InChI=1S/C16H30N2O3S/c1-9-10-13(18-22(20)16(6,7)8)11-12(2)17-14(19)21-15(3,4)5/h12-13,18H,11H2,1-8H3,(H,17,19)/t12-,13+,22?/m1/s1. The molecular weight excluding hydrogens is 300 g/mol. The molecule has 0 aromatic heterocycles. The van der Waals surface area contributed by atoms with Gasteiger partial charge in [0, 0.05) is 17.4 Å². The Balaban J connectivity index is 4.56. The van der Waals surface area contributed by atoms with Gasteiger partial charge in [-0.3, -0.25) is 0 Å². The summed E-state index contributed by atoms with van der Waals surface area (Å²) in [6, 6.07) is -0.403. The highest BCUT2D eigenvalue weighted by Gasteiger charge is 2.29. The number of ether oxygens (including phenoxy) is 1. The Morgan fingerprint density at radius 3 is 2.23 bits per heavy atom. The van der Waals surface area contributed by atoms with E-state index >= 15 is 0 Å². The molecule has 3 atom stereocenters. The first-order valence-corrected chi connectivity index (χ1v) is 8.60. The van der Waals surface area contributed by atoms with Gasteiger partial charge in [0.05, 0.1) is 0 Å². The molecule has 0 fully saturated rings. The lowest BCUT2D eigenvalue weighted by Crippen LogP contribution is -2.47. The van der Waals surface area contributed by atoms with Gasteiger partial charge in [-0.05, 0) is 61.8 Å². The fraction of sp³-hybridized carbons (Fsp3) is 0.812. The molecule has 0 radical (unpaired) electrons. The van der Waals surface area contributed by atoms with E-state index in [2.05, 4.69) is 21.9 Å². The number of carbonyl (C=O) groups is 1. The van der Waals surface area contributed by atoms with E-state index in [0.29, 0.717) is 6.42 Å². The lowest BCUT2D eigenvalue weighted by Gasteiger charge is -2.27. The summed E-state index contributed by atoms with van der Waals surface area (Å²) in [7, 11) is 0. The van der Waals surface area contributed by atoms with E-state index in [4.69, 9.17) is 4.74 Å². The summed E-state index contributed by atoms with van der Waals surface area (Å²) in [5.41, 5.74) is -0.529. The molecule has 0 aromatic rings. The molecule has 1 amide bonds. The molecular formula is C16H30N2O3S. The fourth-order valence-electron chi connectivity index (χ4n) is 1.54. The highest BCUT2D eigenvalue weighted by molar-refractivity contribution is 7.90. The molecule has 0 bridgehead atoms. The largest absolute Gasteiger partial charge is 0.598 e. The zero-order chi connectivity index (χ0) is 17.6. The molecule has 2 N–H and O–H groups in total. The Kier molecular flexibility index (Phi) is 8.30. The summed E-state index contributed by atoms with van der Waals surface area (Å²) in [4.78, 5) is 11.7. The van der Waals surface area contributed by atoms with Gasteiger partial charge in [-0.25, -0.2) is 4.79 Å². The maximum absolute atomic E-state index is 12.2. The smallest absolute Gasteiger partial charge is 0.407 e. The van der Waals surface area contributed by atoms with Crippen LogP contribution < -0.4 is 10.0 Å². The number of hydrogen-bond acceptors (Lipinski definition) is 4. The molecule has 0 aliphatic heterocycles. The summed E-state index contributed by atoms with van der Waals surface area (Å²) in [5.74, 6) is 5.82. The fourth-order valence-corrected chi connectivity index (χ4v) is 2.31. The first kappa shape index (κ1) is 21.1. The van der Waals surface area contributed by atoms with E-state index in [1.165, 1.54) is 0 Å². The second kappa shape index (κ2) is 8.66. The van der Waals surface area contributed by atoms with Crippen LogP contribution in [-0.2, 0) is 16.1 Å². The van der Waals surface area contributed by atoms with Crippen molar-refractivity contribution < 1.29 is 14.1 Å². The predicted molar refractivity (Wildman–Crippen MR) is 91.7 cm³/mol. The van der Waals surface area contributed by atoms with Gasteiger partial charge >= 0.3 is 6.09 Å². The van der Waals surface area contributed by atoms with Crippen LogP contribution in [0.15, 0.2) is 0 Å². The van der Waals surface area contributed by atoms with Gasteiger partial charge in [0.2, 0.25) is 0 Å². The molecule has 6 heteroatoms. The lowest BCUT2D eigenvalue weighted by atomic mass is 10.1. The number of rotatable bonds is 5. The SMILES string of the molecule is CC#C[C@@H](C[C@@H](C)NC(=O)OC(C)(C)C)N[S+]([O-])C(C)(C)C. The Morgan fingerprint density at radius 2 is 1.82 bits per heavy atom. The predicted octanol–water partition coefficient (Wildman–Crippen LogP) is 2.73. The van der Waals surface area contributed by atoms with Gasteiger partial charge in [0.1, 0.15) is 16.4 Å². The third kappa shape index (κ3) is 9.93. The number of alkyl carbamates (subject to hydrolysis) is 1. The van der Waals surface area contributed by atoms with Crippen LogP contribution in [0.5, 0.6) is 0 Å². The van der Waals surface area contributed by atoms with Gasteiger partial charge in [-0.2, -0.15) is 0 Å². The molecule has 22 heavy (non-hydrogen) atoms. The average molecular weight is 330 g/mol. The van der Waals surface area contributed by atoms with Crippen LogP contribution >= 0.6 is 0 Å². The van der Waals surface area contributed by atoms with Crippen molar-refractivity contribution in [2.75, 3.05) is 0 Å². The molecule has 0 heterocycles. The van der Waals surface area contributed by atoms with Crippen molar-refractivity contribution in [1.82, 2.24) is 10.0 Å². The molecule has 5 nitrogen and oxygen atoms in total. The maximum Gasteiger partial charge on any atom is 0.407 e. The van der Waals surface area contributed by atoms with Gasteiger partial charge in [-0.1, -0.05) is 5.92 Å². The first-order valence-electron chi connectivity index (χ1n) is 7.45. The second-order valence-corrected chi connectivity index (χ2v) is 9.23. The third-order valence-corrected chi connectivity index (χ3v) is 4.09. The van der Waals surface area contributed by atoms with Crippen LogP contribution in [0.1, 0.15) is 61.8 Å². The molecule has 0 aliphatic rings. The molecule has 0 saturated heterocycles. The molecule has 1 unspecified atom stereocenters. The average Bonchev–Trinajstić information content (AvgIpc) is 2.24. The van der Waals surface area contributed by atoms with E-state index in [1.807, 2.05) is 48.5 Å². The molecule has 0 spiro atoms. The topological polar surface area (TPSA) is 73.4 Å². The third-order valence-electron chi connectivity index (χ3n) is 2.48. The Morgan fingerprint density at radius 1 is 1.27 bits per heavy atom. The zero-order valence-corrected chi connectivity index (χ0v) is 15.8. The Labute approximate surface area is 138 Å². The molecule has 0 aromatic carbocycles. The van der Waals surface area contributed by atoms with E-state index in [1.54, 1.807) is 6.92 Å². The Hall–Kier alpha value is -0.900. The van der Waals surface area contributed by atoms with Crippen LogP contribution in [0.4, 0.5) is 4.79 Å². The summed E-state index contributed by atoms with van der Waals surface area (Å²) in [6.07, 6.45) is 0.0854. The number of nitrogens with one attached hydrogen (secondary N) is 2. The highest BCUT2D eigenvalue weighted by atomic mass is 32.2. The number of hydrogen-bond donors (Lipinski definition) is 2. The van der Waals surface area contributed by atoms with E-state index in [-0.39, 0.29) is 16.8 Å². The van der Waals surface area contributed by atoms with Crippen molar-refractivity contribution in [2.45, 2.75) is 84.2 Å². The maximum atomic E-state index is 12.2. The summed E-state index contributed by atoms with van der Waals surface area (Å²) in [6.45, 7) is 14.7. The molecule has 0 aliphatic carbocycles.